The molecule has 34 heavy (non-hydrogen) atoms. The van der Waals surface area contributed by atoms with Crippen molar-refractivity contribution >= 4 is 23.4 Å². The van der Waals surface area contributed by atoms with E-state index in [9.17, 15) is 14.4 Å². The summed E-state index contributed by atoms with van der Waals surface area (Å²) >= 11 is 6.21. The lowest BCUT2D eigenvalue weighted by molar-refractivity contribution is -0.130. The molecule has 0 saturated carbocycles. The Hall–Kier alpha value is -3.66. The van der Waals surface area contributed by atoms with Gasteiger partial charge in [0.25, 0.3) is 11.5 Å². The Morgan fingerprint density at radius 3 is 2.71 bits per heavy atom. The number of carbonyl (C=O) groups excluding carboxylic acids is 2. The number of hydrogen-bond acceptors (Lipinski definition) is 7. The van der Waals surface area contributed by atoms with Gasteiger partial charge in [0.15, 0.2) is 0 Å². The van der Waals surface area contributed by atoms with E-state index in [1.54, 1.807) is 17.9 Å². The van der Waals surface area contributed by atoms with Crippen molar-refractivity contribution in [3.8, 4) is 5.75 Å². The van der Waals surface area contributed by atoms with Gasteiger partial charge in [-0.2, -0.15) is 0 Å². The molecule has 0 saturated heterocycles. The molecule has 4 rings (SSSR count). The van der Waals surface area contributed by atoms with Crippen molar-refractivity contribution in [3.63, 3.8) is 0 Å². The molecule has 0 spiro atoms. The predicted octanol–water partition coefficient (Wildman–Crippen LogP) is 1.76. The highest BCUT2D eigenvalue weighted by molar-refractivity contribution is 6.31. The number of pyridine rings is 1. The number of ether oxygens (including phenoxy) is 1. The van der Waals surface area contributed by atoms with Gasteiger partial charge in [0.05, 0.1) is 20.1 Å². The molecule has 1 aliphatic rings. The number of carbonyl (C=O) groups is 2. The van der Waals surface area contributed by atoms with Crippen LogP contribution in [0.25, 0.3) is 0 Å². The van der Waals surface area contributed by atoms with E-state index in [0.29, 0.717) is 41.6 Å². The van der Waals surface area contributed by atoms with Gasteiger partial charge in [0.2, 0.25) is 5.91 Å². The number of nitrogens with zero attached hydrogens (tertiary/aromatic N) is 4. The van der Waals surface area contributed by atoms with Gasteiger partial charge in [-0.15, -0.1) is 0 Å². The van der Waals surface area contributed by atoms with Crippen molar-refractivity contribution in [3.05, 3.63) is 73.9 Å². The first-order valence-corrected chi connectivity index (χ1v) is 11.1. The Morgan fingerprint density at radius 2 is 2.00 bits per heavy atom. The van der Waals surface area contributed by atoms with Crippen LogP contribution in [0, 0.1) is 6.92 Å². The summed E-state index contributed by atoms with van der Waals surface area (Å²) in [5.74, 6) is -0.334. The van der Waals surface area contributed by atoms with Crippen molar-refractivity contribution in [2.75, 3.05) is 20.2 Å². The number of nitrogens with one attached hydrogen (secondary N) is 1. The van der Waals surface area contributed by atoms with Gasteiger partial charge in [0, 0.05) is 42.8 Å². The number of fused-ring (bicyclic) bond motifs is 1. The Kier molecular flexibility index (Phi) is 6.97. The van der Waals surface area contributed by atoms with Gasteiger partial charge in [0.1, 0.15) is 22.7 Å². The predicted molar refractivity (Wildman–Crippen MR) is 123 cm³/mol. The van der Waals surface area contributed by atoms with E-state index in [0.717, 1.165) is 5.56 Å². The standard InChI is InChI=1S/C23H24ClN5O5/c1-14-17(27-34-26-14)13-25-23(32)22-18-7-8-28(9-10-29(18)21(31)12-19(22)33-2)20(30)11-15-5-3-4-6-16(15)24/h3-6,12H,7-11,13H2,1-2H3,(H,25,32). The monoisotopic (exact) mass is 485 g/mol. The third-order valence-corrected chi connectivity index (χ3v) is 6.22. The molecule has 2 aromatic heterocycles. The summed E-state index contributed by atoms with van der Waals surface area (Å²) in [5.41, 5.74) is 2.31. The van der Waals surface area contributed by atoms with E-state index >= 15 is 0 Å². The van der Waals surface area contributed by atoms with Crippen LogP contribution in [0.15, 0.2) is 39.8 Å². The van der Waals surface area contributed by atoms with E-state index in [4.69, 9.17) is 16.3 Å². The number of amides is 2. The zero-order chi connectivity index (χ0) is 24.2. The average Bonchev–Trinajstić information content (AvgIpc) is 3.10. The summed E-state index contributed by atoms with van der Waals surface area (Å²) < 4.78 is 11.6. The average molecular weight is 486 g/mol. The highest BCUT2D eigenvalue weighted by Gasteiger charge is 2.27. The van der Waals surface area contributed by atoms with Gasteiger partial charge >= 0.3 is 0 Å². The summed E-state index contributed by atoms with van der Waals surface area (Å²) in [6.45, 7) is 2.79. The van der Waals surface area contributed by atoms with Crippen LogP contribution in [-0.4, -0.2) is 51.8 Å². The maximum absolute atomic E-state index is 13.1. The molecular formula is C23H24ClN5O5. The number of hydrogen-bond donors (Lipinski definition) is 1. The summed E-state index contributed by atoms with van der Waals surface area (Å²) in [5, 5.41) is 10.8. The van der Waals surface area contributed by atoms with E-state index in [2.05, 4.69) is 20.3 Å². The summed E-state index contributed by atoms with van der Waals surface area (Å²) in [7, 11) is 1.41. The molecule has 10 nitrogen and oxygen atoms in total. The number of rotatable bonds is 6. The van der Waals surface area contributed by atoms with Crippen LogP contribution in [0.1, 0.15) is 33.0 Å². The van der Waals surface area contributed by atoms with E-state index in [-0.39, 0.29) is 42.3 Å². The lowest BCUT2D eigenvalue weighted by Gasteiger charge is -2.20. The van der Waals surface area contributed by atoms with Gasteiger partial charge in [-0.25, -0.2) is 4.63 Å². The van der Waals surface area contributed by atoms with Crippen molar-refractivity contribution in [1.82, 2.24) is 25.1 Å². The molecule has 1 aromatic carbocycles. The number of halogens is 1. The largest absolute Gasteiger partial charge is 0.496 e. The fraction of sp³-hybridized carbons (Fsp3) is 0.348. The van der Waals surface area contributed by atoms with Crippen molar-refractivity contribution < 1.29 is 19.0 Å². The van der Waals surface area contributed by atoms with Gasteiger partial charge in [-0.05, 0) is 18.6 Å². The fourth-order valence-corrected chi connectivity index (χ4v) is 4.19. The van der Waals surface area contributed by atoms with Crippen molar-refractivity contribution in [2.45, 2.75) is 32.9 Å². The molecule has 0 aliphatic carbocycles. The van der Waals surface area contributed by atoms with Gasteiger partial charge in [-0.3, -0.25) is 14.4 Å². The van der Waals surface area contributed by atoms with Crippen molar-refractivity contribution in [2.24, 2.45) is 0 Å². The van der Waals surface area contributed by atoms with Crippen LogP contribution in [0.4, 0.5) is 0 Å². The molecule has 1 aliphatic heterocycles. The normalized spacial score (nSPS) is 13.2. The van der Waals surface area contributed by atoms with Crippen LogP contribution < -0.4 is 15.6 Å². The molecule has 3 heterocycles. The SMILES string of the molecule is COc1cc(=O)n2c(c1C(=O)NCc1nonc1C)CCN(C(=O)Cc1ccccc1Cl)CC2. The van der Waals surface area contributed by atoms with Crippen LogP contribution in [0.5, 0.6) is 5.75 Å². The Morgan fingerprint density at radius 1 is 1.21 bits per heavy atom. The molecule has 11 heteroatoms. The second kappa shape index (κ2) is 10.1. The third kappa shape index (κ3) is 4.81. The summed E-state index contributed by atoms with van der Waals surface area (Å²) in [4.78, 5) is 40.6. The number of benzene rings is 1. The minimum Gasteiger partial charge on any atom is -0.496 e. The van der Waals surface area contributed by atoms with Crippen LogP contribution in [-0.2, 0) is 30.7 Å². The minimum absolute atomic E-state index is 0.0964. The molecular weight excluding hydrogens is 462 g/mol. The summed E-state index contributed by atoms with van der Waals surface area (Å²) in [6.07, 6.45) is 0.473. The molecule has 3 aromatic rings. The molecule has 0 radical (unpaired) electrons. The van der Waals surface area contributed by atoms with E-state index < -0.39 is 5.91 Å². The smallest absolute Gasteiger partial charge is 0.257 e. The summed E-state index contributed by atoms with van der Waals surface area (Å²) in [6, 6.07) is 8.50. The minimum atomic E-state index is -0.418. The maximum Gasteiger partial charge on any atom is 0.257 e. The molecule has 0 fully saturated rings. The Bertz CT molecular complexity index is 1280. The van der Waals surface area contributed by atoms with E-state index in [1.807, 2.05) is 18.2 Å². The quantitative estimate of drug-likeness (QED) is 0.565. The fourth-order valence-electron chi connectivity index (χ4n) is 3.98. The first-order valence-electron chi connectivity index (χ1n) is 10.8. The van der Waals surface area contributed by atoms with Crippen LogP contribution >= 0.6 is 11.6 Å². The number of methoxy groups -OCH3 is 1. The van der Waals surface area contributed by atoms with Gasteiger partial charge in [-0.1, -0.05) is 40.1 Å². The third-order valence-electron chi connectivity index (χ3n) is 5.86. The maximum atomic E-state index is 13.1. The second-order valence-corrected chi connectivity index (χ2v) is 8.31. The molecule has 0 unspecified atom stereocenters. The Balaban J connectivity index is 1.56. The Labute approximate surface area is 200 Å². The number of aromatic nitrogens is 3. The van der Waals surface area contributed by atoms with Crippen LogP contribution in [0.2, 0.25) is 5.02 Å². The highest BCUT2D eigenvalue weighted by atomic mass is 35.5. The molecule has 178 valence electrons. The lowest BCUT2D eigenvalue weighted by Crippen LogP contribution is -2.35. The number of aryl methyl sites for hydroxylation is 1. The van der Waals surface area contributed by atoms with Gasteiger partial charge < -0.3 is 19.5 Å². The zero-order valence-electron chi connectivity index (χ0n) is 18.8. The first kappa shape index (κ1) is 23.5. The van der Waals surface area contributed by atoms with Crippen LogP contribution in [0.3, 0.4) is 0 Å². The lowest BCUT2D eigenvalue weighted by atomic mass is 10.1. The van der Waals surface area contributed by atoms with E-state index in [1.165, 1.54) is 17.7 Å². The second-order valence-electron chi connectivity index (χ2n) is 7.90. The zero-order valence-corrected chi connectivity index (χ0v) is 19.6. The highest BCUT2D eigenvalue weighted by Crippen LogP contribution is 2.23. The van der Waals surface area contributed by atoms with Crippen molar-refractivity contribution in [1.29, 1.82) is 0 Å². The molecule has 0 bridgehead atoms. The molecule has 0 atom stereocenters. The molecule has 2 amide bonds. The first-order chi connectivity index (χ1) is 16.4. The molecule has 1 N–H and O–H groups in total. The topological polar surface area (TPSA) is 120 Å².